The van der Waals surface area contributed by atoms with Gasteiger partial charge in [-0.15, -0.1) is 11.3 Å². The number of rotatable bonds is 4. The van der Waals surface area contributed by atoms with Crippen LogP contribution in [0.1, 0.15) is 30.2 Å². The maximum Gasteiger partial charge on any atom is 0.310 e. The SMILES string of the molecule is CCC1(C(=O)O)CCN(Cc2sccc2C)C1. The summed E-state index contributed by atoms with van der Waals surface area (Å²) in [7, 11) is 0. The molecule has 0 aromatic carbocycles. The molecule has 1 aromatic rings. The van der Waals surface area contributed by atoms with Crippen LogP contribution in [0, 0.1) is 12.3 Å². The molecule has 1 aliphatic heterocycles. The monoisotopic (exact) mass is 253 g/mol. The Morgan fingerprint density at radius 2 is 2.41 bits per heavy atom. The van der Waals surface area contributed by atoms with Crippen molar-refractivity contribution in [2.45, 2.75) is 33.2 Å². The number of aliphatic carboxylic acids is 1. The number of hydrogen-bond acceptors (Lipinski definition) is 3. The molecule has 4 heteroatoms. The molecule has 0 saturated carbocycles. The van der Waals surface area contributed by atoms with Gasteiger partial charge < -0.3 is 5.11 Å². The number of hydrogen-bond donors (Lipinski definition) is 1. The number of thiophene rings is 1. The Hall–Kier alpha value is -0.870. The zero-order valence-electron chi connectivity index (χ0n) is 10.4. The molecule has 1 aromatic heterocycles. The molecular weight excluding hydrogens is 234 g/mol. The first kappa shape index (κ1) is 12.6. The van der Waals surface area contributed by atoms with Crippen molar-refractivity contribution in [1.82, 2.24) is 4.90 Å². The van der Waals surface area contributed by atoms with E-state index in [0.717, 1.165) is 25.9 Å². The quantitative estimate of drug-likeness (QED) is 0.897. The fourth-order valence-corrected chi connectivity index (χ4v) is 3.42. The Labute approximate surface area is 106 Å². The van der Waals surface area contributed by atoms with E-state index < -0.39 is 11.4 Å². The van der Waals surface area contributed by atoms with E-state index in [2.05, 4.69) is 23.3 Å². The maximum atomic E-state index is 11.3. The minimum absolute atomic E-state index is 0.509. The molecule has 3 nitrogen and oxygen atoms in total. The van der Waals surface area contributed by atoms with Gasteiger partial charge in [0.05, 0.1) is 5.41 Å². The topological polar surface area (TPSA) is 40.5 Å². The van der Waals surface area contributed by atoms with E-state index in [1.807, 2.05) is 6.92 Å². The highest BCUT2D eigenvalue weighted by molar-refractivity contribution is 7.10. The Kier molecular flexibility index (Phi) is 3.54. The molecule has 2 heterocycles. The first-order chi connectivity index (χ1) is 8.07. The van der Waals surface area contributed by atoms with Crippen molar-refractivity contribution in [2.24, 2.45) is 5.41 Å². The summed E-state index contributed by atoms with van der Waals surface area (Å²) in [6.07, 6.45) is 1.51. The summed E-state index contributed by atoms with van der Waals surface area (Å²) in [6, 6.07) is 2.13. The molecule has 1 aliphatic rings. The number of aryl methyl sites for hydroxylation is 1. The van der Waals surface area contributed by atoms with Gasteiger partial charge in [-0.2, -0.15) is 0 Å². The van der Waals surface area contributed by atoms with Crippen LogP contribution in [0.2, 0.25) is 0 Å². The predicted octanol–water partition coefficient (Wildman–Crippen LogP) is 2.74. The molecule has 1 atom stereocenters. The highest BCUT2D eigenvalue weighted by Crippen LogP contribution is 2.35. The lowest BCUT2D eigenvalue weighted by Crippen LogP contribution is -2.33. The summed E-state index contributed by atoms with van der Waals surface area (Å²) in [4.78, 5) is 15.0. The normalized spacial score (nSPS) is 25.3. The van der Waals surface area contributed by atoms with Gasteiger partial charge >= 0.3 is 5.97 Å². The number of carboxylic acid groups (broad SMARTS) is 1. The zero-order valence-corrected chi connectivity index (χ0v) is 11.2. The largest absolute Gasteiger partial charge is 0.481 e. The van der Waals surface area contributed by atoms with Crippen molar-refractivity contribution < 1.29 is 9.90 Å². The second kappa shape index (κ2) is 4.78. The molecule has 0 spiro atoms. The van der Waals surface area contributed by atoms with Gasteiger partial charge in [0.25, 0.3) is 0 Å². The van der Waals surface area contributed by atoms with Crippen LogP contribution in [0.15, 0.2) is 11.4 Å². The van der Waals surface area contributed by atoms with Crippen LogP contribution >= 0.6 is 11.3 Å². The predicted molar refractivity (Wildman–Crippen MR) is 69.3 cm³/mol. The zero-order chi connectivity index (χ0) is 12.5. The van der Waals surface area contributed by atoms with E-state index in [1.54, 1.807) is 11.3 Å². The molecule has 1 fully saturated rings. The minimum atomic E-state index is -0.634. The van der Waals surface area contributed by atoms with Crippen molar-refractivity contribution in [2.75, 3.05) is 13.1 Å². The van der Waals surface area contributed by atoms with Gasteiger partial charge in [0.1, 0.15) is 0 Å². The average Bonchev–Trinajstić information content (AvgIpc) is 2.88. The van der Waals surface area contributed by atoms with E-state index in [0.29, 0.717) is 6.54 Å². The van der Waals surface area contributed by atoms with Gasteiger partial charge in [0.15, 0.2) is 0 Å². The fraction of sp³-hybridized carbons (Fsp3) is 0.615. The summed E-state index contributed by atoms with van der Waals surface area (Å²) < 4.78 is 0. The van der Waals surface area contributed by atoms with E-state index in [4.69, 9.17) is 0 Å². The number of nitrogens with zero attached hydrogens (tertiary/aromatic N) is 1. The molecule has 17 heavy (non-hydrogen) atoms. The minimum Gasteiger partial charge on any atom is -0.481 e. The summed E-state index contributed by atoms with van der Waals surface area (Å²) in [5.41, 5.74) is 0.810. The maximum absolute atomic E-state index is 11.3. The highest BCUT2D eigenvalue weighted by atomic mass is 32.1. The van der Waals surface area contributed by atoms with Crippen LogP contribution in [0.25, 0.3) is 0 Å². The van der Waals surface area contributed by atoms with E-state index >= 15 is 0 Å². The van der Waals surface area contributed by atoms with Gasteiger partial charge in [-0.1, -0.05) is 6.92 Å². The van der Waals surface area contributed by atoms with Crippen LogP contribution in [0.5, 0.6) is 0 Å². The molecule has 0 radical (unpaired) electrons. The van der Waals surface area contributed by atoms with Crippen LogP contribution in [0.4, 0.5) is 0 Å². The first-order valence-corrected chi connectivity index (χ1v) is 6.94. The van der Waals surface area contributed by atoms with Gasteiger partial charge in [-0.05, 0) is 43.3 Å². The standard InChI is InChI=1S/C13H19NO2S/c1-3-13(12(15)16)5-6-14(9-13)8-11-10(2)4-7-17-11/h4,7H,3,5-6,8-9H2,1-2H3,(H,15,16). The summed E-state index contributed by atoms with van der Waals surface area (Å²) in [5.74, 6) is -0.634. The van der Waals surface area contributed by atoms with Gasteiger partial charge in [-0.3, -0.25) is 9.69 Å². The molecule has 0 amide bonds. The van der Waals surface area contributed by atoms with E-state index in [-0.39, 0.29) is 0 Å². The van der Waals surface area contributed by atoms with Crippen molar-refractivity contribution in [3.8, 4) is 0 Å². The molecule has 2 rings (SSSR count). The fourth-order valence-electron chi connectivity index (χ4n) is 2.48. The molecule has 94 valence electrons. The second-order valence-electron chi connectivity index (χ2n) is 4.93. The lowest BCUT2D eigenvalue weighted by atomic mass is 9.84. The van der Waals surface area contributed by atoms with Crippen molar-refractivity contribution >= 4 is 17.3 Å². The molecular formula is C13H19NO2S. The van der Waals surface area contributed by atoms with E-state index in [1.165, 1.54) is 10.4 Å². The summed E-state index contributed by atoms with van der Waals surface area (Å²) >= 11 is 1.76. The van der Waals surface area contributed by atoms with E-state index in [9.17, 15) is 9.90 Å². The third-order valence-corrected chi connectivity index (χ3v) is 4.91. The summed E-state index contributed by atoms with van der Waals surface area (Å²) in [6.45, 7) is 6.59. The molecule has 1 saturated heterocycles. The van der Waals surface area contributed by atoms with Gasteiger partial charge in [0, 0.05) is 18.0 Å². The average molecular weight is 253 g/mol. The Balaban J connectivity index is 2.03. The lowest BCUT2D eigenvalue weighted by molar-refractivity contribution is -0.148. The van der Waals surface area contributed by atoms with Crippen molar-refractivity contribution in [3.63, 3.8) is 0 Å². The molecule has 1 unspecified atom stereocenters. The number of carbonyl (C=O) groups is 1. The smallest absolute Gasteiger partial charge is 0.310 e. The third kappa shape index (κ3) is 2.38. The number of likely N-dealkylation sites (tertiary alicyclic amines) is 1. The number of carboxylic acids is 1. The second-order valence-corrected chi connectivity index (χ2v) is 5.93. The Morgan fingerprint density at radius 1 is 1.65 bits per heavy atom. The van der Waals surface area contributed by atoms with Crippen LogP contribution < -0.4 is 0 Å². The molecule has 0 aliphatic carbocycles. The van der Waals surface area contributed by atoms with Crippen molar-refractivity contribution in [3.05, 3.63) is 21.9 Å². The lowest BCUT2D eigenvalue weighted by Gasteiger charge is -2.23. The Bertz CT molecular complexity index is 415. The van der Waals surface area contributed by atoms with Crippen LogP contribution in [-0.4, -0.2) is 29.1 Å². The third-order valence-electron chi connectivity index (χ3n) is 3.90. The first-order valence-electron chi connectivity index (χ1n) is 6.06. The van der Waals surface area contributed by atoms with Crippen molar-refractivity contribution in [1.29, 1.82) is 0 Å². The van der Waals surface area contributed by atoms with Gasteiger partial charge in [-0.25, -0.2) is 0 Å². The highest BCUT2D eigenvalue weighted by Gasteiger charge is 2.43. The van der Waals surface area contributed by atoms with Crippen LogP contribution in [-0.2, 0) is 11.3 Å². The van der Waals surface area contributed by atoms with Crippen LogP contribution in [0.3, 0.4) is 0 Å². The Morgan fingerprint density at radius 3 is 2.88 bits per heavy atom. The molecule has 0 bridgehead atoms. The van der Waals surface area contributed by atoms with Gasteiger partial charge in [0.2, 0.25) is 0 Å². The molecule has 1 N–H and O–H groups in total. The summed E-state index contributed by atoms with van der Waals surface area (Å²) in [5, 5.41) is 11.4.